The average molecular weight is 340 g/mol. The predicted molar refractivity (Wildman–Crippen MR) is 93.8 cm³/mol. The van der Waals surface area contributed by atoms with Crippen molar-refractivity contribution in [3.63, 3.8) is 0 Å². The molecule has 0 fully saturated rings. The first kappa shape index (κ1) is 16.8. The quantitative estimate of drug-likeness (QED) is 0.747. The number of carbonyl (C=O) groups is 1. The number of oxazole rings is 1. The molecule has 0 unspecified atom stereocenters. The maximum atomic E-state index is 12.2. The van der Waals surface area contributed by atoms with E-state index in [1.165, 1.54) is 0 Å². The van der Waals surface area contributed by atoms with E-state index in [1.54, 1.807) is 21.1 Å². The molecule has 6 heteroatoms. The molecule has 0 aliphatic heterocycles. The lowest BCUT2D eigenvalue weighted by molar-refractivity contribution is -0.120. The first-order valence-corrected chi connectivity index (χ1v) is 7.92. The fraction of sp³-hybridized carbons (Fsp3) is 0.263. The minimum Gasteiger partial charge on any atom is -0.493 e. The molecule has 1 N–H and O–H groups in total. The summed E-state index contributed by atoms with van der Waals surface area (Å²) >= 11 is 0. The summed E-state index contributed by atoms with van der Waals surface area (Å²) in [5.41, 5.74) is 3.32. The first-order valence-electron chi connectivity index (χ1n) is 7.92. The summed E-state index contributed by atoms with van der Waals surface area (Å²) in [6.07, 6.45) is 0.281. The fourth-order valence-corrected chi connectivity index (χ4v) is 2.63. The Hall–Kier alpha value is -3.02. The van der Waals surface area contributed by atoms with Crippen LogP contribution in [0.2, 0.25) is 0 Å². The van der Waals surface area contributed by atoms with Gasteiger partial charge in [-0.05, 0) is 35.4 Å². The molecule has 130 valence electrons. The van der Waals surface area contributed by atoms with Crippen molar-refractivity contribution in [3.05, 3.63) is 53.4 Å². The Balaban J connectivity index is 1.62. The van der Waals surface area contributed by atoms with Crippen molar-refractivity contribution in [3.8, 4) is 11.5 Å². The Labute approximate surface area is 145 Å². The largest absolute Gasteiger partial charge is 0.493 e. The van der Waals surface area contributed by atoms with E-state index in [0.717, 1.165) is 16.6 Å². The van der Waals surface area contributed by atoms with Gasteiger partial charge in [-0.25, -0.2) is 4.98 Å². The van der Waals surface area contributed by atoms with Crippen molar-refractivity contribution in [1.82, 2.24) is 10.3 Å². The number of ether oxygens (including phenoxy) is 2. The molecule has 0 spiro atoms. The number of hydrogen-bond donors (Lipinski definition) is 1. The van der Waals surface area contributed by atoms with Crippen LogP contribution in [0.25, 0.3) is 11.1 Å². The van der Waals surface area contributed by atoms with Crippen LogP contribution < -0.4 is 14.8 Å². The van der Waals surface area contributed by atoms with Gasteiger partial charge >= 0.3 is 0 Å². The lowest BCUT2D eigenvalue weighted by Crippen LogP contribution is -2.24. The Morgan fingerprint density at radius 1 is 1.08 bits per heavy atom. The molecule has 0 aliphatic rings. The van der Waals surface area contributed by atoms with Gasteiger partial charge in [-0.1, -0.05) is 12.1 Å². The van der Waals surface area contributed by atoms with E-state index < -0.39 is 0 Å². The maximum absolute atomic E-state index is 12.2. The zero-order valence-electron chi connectivity index (χ0n) is 14.5. The van der Waals surface area contributed by atoms with Gasteiger partial charge < -0.3 is 19.2 Å². The Kier molecular flexibility index (Phi) is 4.88. The van der Waals surface area contributed by atoms with Crippen LogP contribution in [0.15, 0.2) is 40.8 Å². The van der Waals surface area contributed by atoms with Crippen LogP contribution in [0.5, 0.6) is 11.5 Å². The molecular formula is C19H20N2O4. The monoisotopic (exact) mass is 340 g/mol. The lowest BCUT2D eigenvalue weighted by Gasteiger charge is -2.10. The van der Waals surface area contributed by atoms with Crippen LogP contribution in [0.4, 0.5) is 0 Å². The highest BCUT2D eigenvalue weighted by atomic mass is 16.5. The minimum atomic E-state index is -0.0645. The van der Waals surface area contributed by atoms with Gasteiger partial charge in [-0.3, -0.25) is 4.79 Å². The van der Waals surface area contributed by atoms with Gasteiger partial charge in [0.15, 0.2) is 23.0 Å². The van der Waals surface area contributed by atoms with Crippen molar-refractivity contribution in [2.45, 2.75) is 19.9 Å². The third-order valence-electron chi connectivity index (χ3n) is 3.86. The lowest BCUT2D eigenvalue weighted by atomic mass is 10.1. The molecule has 1 heterocycles. The molecule has 1 amide bonds. The number of nitrogens with zero attached hydrogens (tertiary/aromatic N) is 1. The zero-order chi connectivity index (χ0) is 17.8. The number of aromatic nitrogens is 1. The fourth-order valence-electron chi connectivity index (χ4n) is 2.63. The van der Waals surface area contributed by atoms with Crippen LogP contribution >= 0.6 is 0 Å². The summed E-state index contributed by atoms with van der Waals surface area (Å²) in [6.45, 7) is 2.22. The molecule has 3 rings (SSSR count). The number of methoxy groups -OCH3 is 2. The van der Waals surface area contributed by atoms with Crippen molar-refractivity contribution in [2.24, 2.45) is 0 Å². The molecule has 25 heavy (non-hydrogen) atoms. The maximum Gasteiger partial charge on any atom is 0.224 e. The molecule has 0 radical (unpaired) electrons. The Morgan fingerprint density at radius 2 is 1.84 bits per heavy atom. The third kappa shape index (κ3) is 3.91. The van der Waals surface area contributed by atoms with Crippen LogP contribution in [0.3, 0.4) is 0 Å². The third-order valence-corrected chi connectivity index (χ3v) is 3.86. The number of rotatable bonds is 6. The first-order chi connectivity index (χ1) is 12.1. The Bertz CT molecular complexity index is 902. The van der Waals surface area contributed by atoms with Gasteiger partial charge in [0.1, 0.15) is 5.52 Å². The molecule has 3 aromatic rings. The zero-order valence-corrected chi connectivity index (χ0v) is 14.5. The van der Waals surface area contributed by atoms with Gasteiger partial charge in [0, 0.05) is 13.5 Å². The van der Waals surface area contributed by atoms with Crippen LogP contribution in [-0.4, -0.2) is 25.1 Å². The molecule has 6 nitrogen and oxygen atoms in total. The van der Waals surface area contributed by atoms with E-state index in [4.69, 9.17) is 13.9 Å². The number of carbonyl (C=O) groups excluding carboxylic acids is 1. The van der Waals surface area contributed by atoms with Gasteiger partial charge in [-0.15, -0.1) is 0 Å². The highest BCUT2D eigenvalue weighted by Crippen LogP contribution is 2.27. The van der Waals surface area contributed by atoms with E-state index in [2.05, 4.69) is 10.3 Å². The molecule has 0 saturated heterocycles. The molecule has 0 atom stereocenters. The summed E-state index contributed by atoms with van der Waals surface area (Å²) in [5, 5.41) is 2.91. The molecule has 2 aromatic carbocycles. The highest BCUT2D eigenvalue weighted by molar-refractivity contribution is 5.81. The number of hydrogen-bond acceptors (Lipinski definition) is 5. The average Bonchev–Trinajstić information content (AvgIpc) is 2.99. The van der Waals surface area contributed by atoms with Crippen molar-refractivity contribution in [1.29, 1.82) is 0 Å². The second-order valence-corrected chi connectivity index (χ2v) is 5.68. The van der Waals surface area contributed by atoms with Gasteiger partial charge in [0.2, 0.25) is 5.91 Å². The number of amides is 1. The van der Waals surface area contributed by atoms with E-state index in [0.29, 0.717) is 29.5 Å². The number of fused-ring (bicyclic) bond motifs is 1. The predicted octanol–water partition coefficient (Wildman–Crippen LogP) is 3.01. The van der Waals surface area contributed by atoms with Gasteiger partial charge in [0.25, 0.3) is 0 Å². The summed E-state index contributed by atoms with van der Waals surface area (Å²) in [4.78, 5) is 16.4. The second-order valence-electron chi connectivity index (χ2n) is 5.68. The SMILES string of the molecule is COc1ccc(CNC(=O)Cc2ccc3nc(C)oc3c2)cc1OC. The van der Waals surface area contributed by atoms with Gasteiger partial charge in [0.05, 0.1) is 20.6 Å². The van der Waals surface area contributed by atoms with Crippen molar-refractivity contribution < 1.29 is 18.7 Å². The molecule has 0 saturated carbocycles. The van der Waals surface area contributed by atoms with Crippen LogP contribution in [0, 0.1) is 6.92 Å². The van der Waals surface area contributed by atoms with Crippen LogP contribution in [0.1, 0.15) is 17.0 Å². The normalized spacial score (nSPS) is 10.7. The smallest absolute Gasteiger partial charge is 0.224 e. The topological polar surface area (TPSA) is 73.6 Å². The second kappa shape index (κ2) is 7.25. The van der Waals surface area contributed by atoms with E-state index >= 15 is 0 Å². The summed E-state index contributed by atoms with van der Waals surface area (Å²) in [7, 11) is 3.17. The van der Waals surface area contributed by atoms with Gasteiger partial charge in [-0.2, -0.15) is 0 Å². The Morgan fingerprint density at radius 3 is 2.60 bits per heavy atom. The number of benzene rings is 2. The van der Waals surface area contributed by atoms with E-state index in [1.807, 2.05) is 36.4 Å². The molecular weight excluding hydrogens is 320 g/mol. The summed E-state index contributed by atoms with van der Waals surface area (Å²) < 4.78 is 16.0. The standard InChI is InChI=1S/C19H20N2O4/c1-12-21-15-6-4-13(8-17(15)25-12)10-19(22)20-11-14-5-7-16(23-2)18(9-14)24-3/h4-9H,10-11H2,1-3H3,(H,20,22). The van der Waals surface area contributed by atoms with Crippen LogP contribution in [-0.2, 0) is 17.8 Å². The molecule has 0 bridgehead atoms. The minimum absolute atomic E-state index is 0.0645. The van der Waals surface area contributed by atoms with Crippen molar-refractivity contribution >= 4 is 17.0 Å². The number of nitrogens with one attached hydrogen (secondary N) is 1. The highest BCUT2D eigenvalue weighted by Gasteiger charge is 2.09. The van der Waals surface area contributed by atoms with E-state index in [-0.39, 0.29) is 12.3 Å². The molecule has 0 aliphatic carbocycles. The molecule has 1 aromatic heterocycles. The summed E-state index contributed by atoms with van der Waals surface area (Å²) in [5.74, 6) is 1.85. The van der Waals surface area contributed by atoms with E-state index in [9.17, 15) is 4.79 Å². The van der Waals surface area contributed by atoms with Crippen molar-refractivity contribution in [2.75, 3.05) is 14.2 Å². The summed E-state index contributed by atoms with van der Waals surface area (Å²) in [6, 6.07) is 11.2. The number of aryl methyl sites for hydroxylation is 1.